The van der Waals surface area contributed by atoms with E-state index in [-0.39, 0.29) is 5.56 Å². The molecule has 0 heterocycles. The third kappa shape index (κ3) is 2.18. The molecule has 0 fully saturated rings. The summed E-state index contributed by atoms with van der Waals surface area (Å²) in [4.78, 5) is 0. The third-order valence-corrected chi connectivity index (χ3v) is 1.31. The van der Waals surface area contributed by atoms with Crippen molar-refractivity contribution in [2.24, 2.45) is 0 Å². The standard InChI is InChI=1S/C7H5BFNO3/c9-6-3-1-2-5(4-10)7(6)13-8(11)12/h1-3,11-12H. The molecular formula is C7H5BFNO3. The molecule has 1 aromatic carbocycles. The molecule has 0 spiro atoms. The lowest BCUT2D eigenvalue weighted by Crippen LogP contribution is -2.21. The second-order valence-electron chi connectivity index (χ2n) is 2.17. The van der Waals surface area contributed by atoms with Crippen molar-refractivity contribution in [2.45, 2.75) is 0 Å². The summed E-state index contributed by atoms with van der Waals surface area (Å²) >= 11 is 0. The van der Waals surface area contributed by atoms with E-state index >= 15 is 0 Å². The Labute approximate surface area is 74.0 Å². The number of para-hydroxylation sites is 1. The zero-order valence-electron chi connectivity index (χ0n) is 6.44. The van der Waals surface area contributed by atoms with Crippen LogP contribution in [0, 0.1) is 17.1 Å². The van der Waals surface area contributed by atoms with Crippen molar-refractivity contribution < 1.29 is 19.1 Å². The molecule has 2 N–H and O–H groups in total. The molecule has 0 saturated carbocycles. The van der Waals surface area contributed by atoms with Crippen molar-refractivity contribution in [1.82, 2.24) is 0 Å². The highest BCUT2D eigenvalue weighted by molar-refractivity contribution is 6.33. The average molecular weight is 181 g/mol. The van der Waals surface area contributed by atoms with E-state index in [1.807, 2.05) is 0 Å². The Balaban J connectivity index is 3.10. The molecule has 0 unspecified atom stereocenters. The van der Waals surface area contributed by atoms with Crippen LogP contribution in [0.2, 0.25) is 0 Å². The predicted molar refractivity (Wildman–Crippen MR) is 41.9 cm³/mol. The highest BCUT2D eigenvalue weighted by Crippen LogP contribution is 2.21. The molecule has 0 aliphatic heterocycles. The van der Waals surface area contributed by atoms with Gasteiger partial charge in [-0.05, 0) is 12.1 Å². The van der Waals surface area contributed by atoms with Crippen molar-refractivity contribution in [3.8, 4) is 11.8 Å². The fourth-order valence-electron chi connectivity index (χ4n) is 0.822. The van der Waals surface area contributed by atoms with E-state index in [1.54, 1.807) is 6.07 Å². The number of nitrogens with zero attached hydrogens (tertiary/aromatic N) is 1. The van der Waals surface area contributed by atoms with E-state index < -0.39 is 18.9 Å². The van der Waals surface area contributed by atoms with Gasteiger partial charge in [0.15, 0.2) is 11.6 Å². The molecule has 66 valence electrons. The Morgan fingerprint density at radius 3 is 2.69 bits per heavy atom. The summed E-state index contributed by atoms with van der Waals surface area (Å²) in [6.07, 6.45) is 0. The molecule has 1 rings (SSSR count). The van der Waals surface area contributed by atoms with Crippen LogP contribution in [-0.2, 0) is 0 Å². The third-order valence-electron chi connectivity index (χ3n) is 1.31. The quantitative estimate of drug-likeness (QED) is 0.631. The van der Waals surface area contributed by atoms with Crippen molar-refractivity contribution in [3.63, 3.8) is 0 Å². The Morgan fingerprint density at radius 2 is 2.15 bits per heavy atom. The first-order chi connectivity index (χ1) is 6.15. The van der Waals surface area contributed by atoms with Crippen molar-refractivity contribution in [3.05, 3.63) is 29.6 Å². The van der Waals surface area contributed by atoms with Crippen LogP contribution >= 0.6 is 0 Å². The molecule has 0 saturated heterocycles. The van der Waals surface area contributed by atoms with Gasteiger partial charge in [-0.2, -0.15) is 5.26 Å². The summed E-state index contributed by atoms with van der Waals surface area (Å²) in [5.41, 5.74) is -0.0897. The van der Waals surface area contributed by atoms with Crippen LogP contribution in [0.25, 0.3) is 0 Å². The molecule has 4 nitrogen and oxygen atoms in total. The van der Waals surface area contributed by atoms with Gasteiger partial charge in [0.1, 0.15) is 6.07 Å². The van der Waals surface area contributed by atoms with Gasteiger partial charge in [-0.1, -0.05) is 6.07 Å². The predicted octanol–water partition coefficient (Wildman–Crippen LogP) is 0.0457. The molecule has 6 heteroatoms. The van der Waals surface area contributed by atoms with Crippen molar-refractivity contribution in [1.29, 1.82) is 5.26 Å². The smallest absolute Gasteiger partial charge is 0.509 e. The summed E-state index contributed by atoms with van der Waals surface area (Å²) in [6, 6.07) is 5.34. The monoisotopic (exact) mass is 181 g/mol. The highest BCUT2D eigenvalue weighted by atomic mass is 19.1. The van der Waals surface area contributed by atoms with Crippen LogP contribution in [0.3, 0.4) is 0 Å². The van der Waals surface area contributed by atoms with Gasteiger partial charge in [-0.25, -0.2) is 4.39 Å². The zero-order chi connectivity index (χ0) is 9.84. The zero-order valence-corrected chi connectivity index (χ0v) is 6.44. The summed E-state index contributed by atoms with van der Waals surface area (Å²) in [5, 5.41) is 25.3. The number of halogens is 1. The van der Waals surface area contributed by atoms with E-state index in [0.29, 0.717) is 0 Å². The van der Waals surface area contributed by atoms with Crippen LogP contribution in [0.5, 0.6) is 5.75 Å². The minimum atomic E-state index is -2.14. The number of nitriles is 1. The van der Waals surface area contributed by atoms with Gasteiger partial charge < -0.3 is 14.7 Å². The second-order valence-corrected chi connectivity index (χ2v) is 2.17. The van der Waals surface area contributed by atoms with Crippen LogP contribution in [0.4, 0.5) is 4.39 Å². The van der Waals surface area contributed by atoms with Gasteiger partial charge in [0.05, 0.1) is 5.56 Å². The van der Waals surface area contributed by atoms with Crippen LogP contribution < -0.4 is 4.65 Å². The minimum absolute atomic E-state index is 0.0897. The van der Waals surface area contributed by atoms with E-state index in [4.69, 9.17) is 15.3 Å². The first-order valence-corrected chi connectivity index (χ1v) is 3.36. The Hall–Kier alpha value is -1.58. The SMILES string of the molecule is N#Cc1cccc(F)c1OB(O)O. The second kappa shape index (κ2) is 3.89. The fourth-order valence-corrected chi connectivity index (χ4v) is 0.822. The van der Waals surface area contributed by atoms with Gasteiger partial charge in [0, 0.05) is 0 Å². The average Bonchev–Trinajstić information content (AvgIpc) is 2.08. The van der Waals surface area contributed by atoms with Crippen LogP contribution in [-0.4, -0.2) is 17.4 Å². The molecule has 0 aromatic heterocycles. The number of hydrogen-bond acceptors (Lipinski definition) is 4. The van der Waals surface area contributed by atoms with Gasteiger partial charge in [-0.15, -0.1) is 0 Å². The first-order valence-electron chi connectivity index (χ1n) is 3.36. The van der Waals surface area contributed by atoms with Crippen LogP contribution in [0.15, 0.2) is 18.2 Å². The molecule has 0 bridgehead atoms. The molecular weight excluding hydrogens is 176 g/mol. The van der Waals surface area contributed by atoms with Crippen molar-refractivity contribution in [2.75, 3.05) is 0 Å². The lowest BCUT2D eigenvalue weighted by molar-refractivity contribution is 0.281. The number of benzene rings is 1. The van der Waals surface area contributed by atoms with Crippen LogP contribution in [0.1, 0.15) is 5.56 Å². The summed E-state index contributed by atoms with van der Waals surface area (Å²) in [5.74, 6) is -1.27. The highest BCUT2D eigenvalue weighted by Gasteiger charge is 2.17. The van der Waals surface area contributed by atoms with E-state index in [9.17, 15) is 4.39 Å². The Morgan fingerprint density at radius 1 is 1.46 bits per heavy atom. The number of rotatable bonds is 2. The molecule has 0 aliphatic carbocycles. The molecule has 0 atom stereocenters. The summed E-state index contributed by atoms with van der Waals surface area (Å²) in [6.45, 7) is 0. The first kappa shape index (κ1) is 9.51. The minimum Gasteiger partial charge on any atom is -0.509 e. The van der Waals surface area contributed by atoms with E-state index in [0.717, 1.165) is 6.07 Å². The largest absolute Gasteiger partial charge is 0.707 e. The molecule has 13 heavy (non-hydrogen) atoms. The van der Waals surface area contributed by atoms with Gasteiger partial charge in [0.2, 0.25) is 0 Å². The van der Waals surface area contributed by atoms with Gasteiger partial charge in [0.25, 0.3) is 0 Å². The normalized spacial score (nSPS) is 9.08. The Bertz CT molecular complexity index is 350. The van der Waals surface area contributed by atoms with Gasteiger partial charge >= 0.3 is 7.32 Å². The van der Waals surface area contributed by atoms with E-state index in [2.05, 4.69) is 4.65 Å². The Kier molecular flexibility index (Phi) is 2.85. The molecule has 0 radical (unpaired) electrons. The molecule has 1 aromatic rings. The maximum atomic E-state index is 12.9. The summed E-state index contributed by atoms with van der Waals surface area (Å²) < 4.78 is 17.2. The molecule has 0 amide bonds. The maximum Gasteiger partial charge on any atom is 0.707 e. The number of hydrogen-bond donors (Lipinski definition) is 2. The molecule has 0 aliphatic rings. The lowest BCUT2D eigenvalue weighted by Gasteiger charge is -2.06. The van der Waals surface area contributed by atoms with E-state index in [1.165, 1.54) is 12.1 Å². The topological polar surface area (TPSA) is 73.5 Å². The lowest BCUT2D eigenvalue weighted by atomic mass is 10.2. The summed E-state index contributed by atoms with van der Waals surface area (Å²) in [7, 11) is -2.14. The van der Waals surface area contributed by atoms with Crippen molar-refractivity contribution >= 4 is 7.32 Å². The fraction of sp³-hybridized carbons (Fsp3) is 0. The maximum absolute atomic E-state index is 12.9. The van der Waals surface area contributed by atoms with Gasteiger partial charge in [-0.3, -0.25) is 0 Å².